The molecule has 0 radical (unpaired) electrons. The lowest BCUT2D eigenvalue weighted by Gasteiger charge is -2.11. The van der Waals surface area contributed by atoms with E-state index in [0.717, 1.165) is 22.3 Å². The van der Waals surface area contributed by atoms with Gasteiger partial charge in [0, 0.05) is 17.0 Å². The molecule has 0 fully saturated rings. The van der Waals surface area contributed by atoms with E-state index >= 15 is 0 Å². The molecule has 4 nitrogen and oxygen atoms in total. The number of halogens is 1. The van der Waals surface area contributed by atoms with Crippen LogP contribution in [0.3, 0.4) is 0 Å². The van der Waals surface area contributed by atoms with E-state index < -0.39 is 0 Å². The van der Waals surface area contributed by atoms with Crippen molar-refractivity contribution < 1.29 is 4.74 Å². The average molecular weight is 286 g/mol. The summed E-state index contributed by atoms with van der Waals surface area (Å²) in [6.45, 7) is 0. The summed E-state index contributed by atoms with van der Waals surface area (Å²) in [5, 5.41) is 0.888. The van der Waals surface area contributed by atoms with Crippen molar-refractivity contribution in [3.63, 3.8) is 0 Å². The number of nitrogens with zero attached hydrogens (tertiary/aromatic N) is 2. The van der Waals surface area contributed by atoms with E-state index in [1.807, 2.05) is 42.5 Å². The fourth-order valence-corrected chi connectivity index (χ4v) is 2.35. The highest BCUT2D eigenvalue weighted by Gasteiger charge is 2.11. The Bertz CT molecular complexity index is 775. The van der Waals surface area contributed by atoms with Gasteiger partial charge >= 0.3 is 0 Å². The van der Waals surface area contributed by atoms with Crippen LogP contribution in [0.5, 0.6) is 5.75 Å². The third kappa shape index (κ3) is 2.14. The number of benzene rings is 2. The molecular formula is C15H12ClN3O. The van der Waals surface area contributed by atoms with Crippen molar-refractivity contribution in [3.8, 4) is 16.9 Å². The van der Waals surface area contributed by atoms with Crippen molar-refractivity contribution in [3.05, 3.63) is 47.7 Å². The number of hydrogen-bond donors (Lipinski definition) is 1. The Kier molecular flexibility index (Phi) is 3.16. The molecule has 3 rings (SSSR count). The van der Waals surface area contributed by atoms with Crippen LogP contribution in [0.1, 0.15) is 0 Å². The van der Waals surface area contributed by atoms with Crippen LogP contribution in [-0.4, -0.2) is 17.1 Å². The standard InChI is InChI=1S/C15H12ClN3O/c1-20-13-8-12-11(14(17)19-15(16)18-12)7-10(13)9-5-3-2-4-6-9/h2-8H,1H3,(H2,17,18,19). The summed E-state index contributed by atoms with van der Waals surface area (Å²) in [7, 11) is 1.62. The van der Waals surface area contributed by atoms with Crippen LogP contribution >= 0.6 is 11.6 Å². The first-order chi connectivity index (χ1) is 9.69. The van der Waals surface area contributed by atoms with Crippen LogP contribution < -0.4 is 10.5 Å². The molecule has 0 unspecified atom stereocenters. The van der Waals surface area contributed by atoms with E-state index in [4.69, 9.17) is 22.1 Å². The molecule has 0 amide bonds. The van der Waals surface area contributed by atoms with Gasteiger partial charge in [-0.15, -0.1) is 0 Å². The number of nitrogens with two attached hydrogens (primary N) is 1. The average Bonchev–Trinajstić information content (AvgIpc) is 2.46. The van der Waals surface area contributed by atoms with Crippen molar-refractivity contribution in [1.82, 2.24) is 9.97 Å². The second-order valence-electron chi connectivity index (χ2n) is 4.31. The second kappa shape index (κ2) is 4.98. The summed E-state index contributed by atoms with van der Waals surface area (Å²) in [6.07, 6.45) is 0. The summed E-state index contributed by atoms with van der Waals surface area (Å²) in [4.78, 5) is 8.16. The van der Waals surface area contributed by atoms with Crippen LogP contribution in [0.2, 0.25) is 5.28 Å². The quantitative estimate of drug-likeness (QED) is 0.732. The van der Waals surface area contributed by atoms with Crippen molar-refractivity contribution in [2.45, 2.75) is 0 Å². The molecule has 0 aliphatic heterocycles. The molecule has 3 aromatic rings. The first-order valence-electron chi connectivity index (χ1n) is 6.05. The molecule has 0 aliphatic rings. The zero-order valence-corrected chi connectivity index (χ0v) is 11.6. The minimum atomic E-state index is 0.129. The highest BCUT2D eigenvalue weighted by Crippen LogP contribution is 2.35. The Balaban J connectivity index is 2.32. The highest BCUT2D eigenvalue weighted by atomic mass is 35.5. The van der Waals surface area contributed by atoms with Crippen molar-refractivity contribution >= 4 is 28.3 Å². The Labute approximate surface area is 121 Å². The van der Waals surface area contributed by atoms with E-state index in [2.05, 4.69) is 9.97 Å². The summed E-state index contributed by atoms with van der Waals surface area (Å²) in [6, 6.07) is 13.7. The molecular weight excluding hydrogens is 274 g/mol. The maximum Gasteiger partial charge on any atom is 0.224 e. The molecule has 5 heteroatoms. The van der Waals surface area contributed by atoms with E-state index in [0.29, 0.717) is 11.3 Å². The first-order valence-corrected chi connectivity index (χ1v) is 6.43. The van der Waals surface area contributed by atoms with Crippen molar-refractivity contribution in [2.24, 2.45) is 0 Å². The second-order valence-corrected chi connectivity index (χ2v) is 4.65. The Morgan fingerprint density at radius 1 is 1.10 bits per heavy atom. The minimum absolute atomic E-state index is 0.129. The number of aromatic nitrogens is 2. The van der Waals surface area contributed by atoms with Gasteiger partial charge in [0.15, 0.2) is 0 Å². The van der Waals surface area contributed by atoms with Gasteiger partial charge in [-0.1, -0.05) is 30.3 Å². The molecule has 0 aliphatic carbocycles. The largest absolute Gasteiger partial charge is 0.496 e. The number of nitrogen functional groups attached to an aromatic ring is 1. The van der Waals surface area contributed by atoms with Crippen molar-refractivity contribution in [1.29, 1.82) is 0 Å². The SMILES string of the molecule is COc1cc2nc(Cl)nc(N)c2cc1-c1ccccc1. The maximum absolute atomic E-state index is 5.92. The molecule has 2 aromatic carbocycles. The molecule has 0 bridgehead atoms. The number of rotatable bonds is 2. The van der Waals surface area contributed by atoms with Gasteiger partial charge in [-0.05, 0) is 23.2 Å². The van der Waals surface area contributed by atoms with Gasteiger partial charge in [0.05, 0.1) is 12.6 Å². The van der Waals surface area contributed by atoms with E-state index in [1.165, 1.54) is 0 Å². The van der Waals surface area contributed by atoms with Gasteiger partial charge in [-0.2, -0.15) is 0 Å². The van der Waals surface area contributed by atoms with E-state index in [9.17, 15) is 0 Å². The number of anilines is 1. The smallest absolute Gasteiger partial charge is 0.224 e. The molecule has 0 saturated heterocycles. The molecule has 0 spiro atoms. The third-order valence-electron chi connectivity index (χ3n) is 3.10. The minimum Gasteiger partial charge on any atom is -0.496 e. The lowest BCUT2D eigenvalue weighted by atomic mass is 10.0. The normalized spacial score (nSPS) is 10.7. The number of fused-ring (bicyclic) bond motifs is 1. The predicted molar refractivity (Wildman–Crippen MR) is 80.9 cm³/mol. The van der Waals surface area contributed by atoms with Gasteiger partial charge in [0.1, 0.15) is 11.6 Å². The molecule has 1 aromatic heterocycles. The lowest BCUT2D eigenvalue weighted by molar-refractivity contribution is 0.417. The van der Waals surface area contributed by atoms with Gasteiger partial charge < -0.3 is 10.5 Å². The van der Waals surface area contributed by atoms with Gasteiger partial charge in [0.25, 0.3) is 0 Å². The summed E-state index contributed by atoms with van der Waals surface area (Å²) in [5.41, 5.74) is 8.57. The fourth-order valence-electron chi connectivity index (χ4n) is 2.16. The van der Waals surface area contributed by atoms with Crippen LogP contribution in [0.4, 0.5) is 5.82 Å². The summed E-state index contributed by atoms with van der Waals surface area (Å²) >= 11 is 5.83. The topological polar surface area (TPSA) is 61.0 Å². The highest BCUT2D eigenvalue weighted by molar-refractivity contribution is 6.28. The Morgan fingerprint density at radius 3 is 2.55 bits per heavy atom. The number of hydrogen-bond acceptors (Lipinski definition) is 4. The number of ether oxygens (including phenoxy) is 1. The first kappa shape index (κ1) is 12.7. The van der Waals surface area contributed by atoms with Gasteiger partial charge in [0.2, 0.25) is 5.28 Å². The summed E-state index contributed by atoms with van der Waals surface area (Å²) in [5.74, 6) is 1.08. The summed E-state index contributed by atoms with van der Waals surface area (Å²) < 4.78 is 5.44. The third-order valence-corrected chi connectivity index (χ3v) is 3.27. The molecule has 0 saturated carbocycles. The maximum atomic E-state index is 5.92. The van der Waals surface area contributed by atoms with E-state index in [1.54, 1.807) is 7.11 Å². The van der Waals surface area contributed by atoms with Gasteiger partial charge in [-0.25, -0.2) is 9.97 Å². The molecule has 100 valence electrons. The monoisotopic (exact) mass is 285 g/mol. The van der Waals surface area contributed by atoms with Crippen LogP contribution in [0.15, 0.2) is 42.5 Å². The zero-order valence-electron chi connectivity index (χ0n) is 10.8. The molecule has 1 heterocycles. The number of methoxy groups -OCH3 is 1. The zero-order chi connectivity index (χ0) is 14.1. The van der Waals surface area contributed by atoms with E-state index in [-0.39, 0.29) is 5.28 Å². The molecule has 20 heavy (non-hydrogen) atoms. The van der Waals surface area contributed by atoms with Crippen molar-refractivity contribution in [2.75, 3.05) is 12.8 Å². The molecule has 0 atom stereocenters. The van der Waals surface area contributed by atoms with Crippen LogP contribution in [-0.2, 0) is 0 Å². The van der Waals surface area contributed by atoms with Crippen LogP contribution in [0, 0.1) is 0 Å². The lowest BCUT2D eigenvalue weighted by Crippen LogP contribution is -1.97. The fraction of sp³-hybridized carbons (Fsp3) is 0.0667. The van der Waals surface area contributed by atoms with Crippen LogP contribution in [0.25, 0.3) is 22.0 Å². The Morgan fingerprint density at radius 2 is 1.85 bits per heavy atom. The van der Waals surface area contributed by atoms with Gasteiger partial charge in [-0.3, -0.25) is 0 Å². The molecule has 2 N–H and O–H groups in total. The predicted octanol–water partition coefficient (Wildman–Crippen LogP) is 3.54. The Hall–Kier alpha value is -2.33.